The van der Waals surface area contributed by atoms with Gasteiger partial charge in [-0.2, -0.15) is 0 Å². The van der Waals surface area contributed by atoms with Crippen molar-refractivity contribution in [1.29, 1.82) is 0 Å². The van der Waals surface area contributed by atoms with E-state index in [1.165, 1.54) is 11.1 Å². The fourth-order valence-corrected chi connectivity index (χ4v) is 2.45. The van der Waals surface area contributed by atoms with Crippen molar-refractivity contribution < 1.29 is 4.79 Å². The average Bonchev–Trinajstić information content (AvgIpc) is 2.62. The summed E-state index contributed by atoms with van der Waals surface area (Å²) >= 11 is 0. The zero-order chi connectivity index (χ0) is 11.0. The number of hydrogen-bond donors (Lipinski definition) is 0. The number of fused-ring (bicyclic) bond motifs is 4. The standard InChI is InChI=1S/C13H16N2O/c16-13-14-7-5-11-1-2-12(4-3-11)6-8-15(13)10-9-14/h1-4H,5-10H2. The number of amides is 2. The SMILES string of the molecule is O=C1N2CCc3ccc(cc3)CCN1CC2. The molecule has 1 aromatic carbocycles. The summed E-state index contributed by atoms with van der Waals surface area (Å²) in [6.07, 6.45) is 1.94. The van der Waals surface area contributed by atoms with E-state index in [1.807, 2.05) is 9.80 Å². The molecule has 0 radical (unpaired) electrons. The Kier molecular flexibility index (Phi) is 2.31. The normalized spacial score (nSPS) is 20.1. The van der Waals surface area contributed by atoms with Crippen LogP contribution in [0.4, 0.5) is 4.79 Å². The lowest BCUT2D eigenvalue weighted by atomic mass is 10.1. The van der Waals surface area contributed by atoms with Gasteiger partial charge in [-0.1, -0.05) is 24.3 Å². The van der Waals surface area contributed by atoms with Crippen LogP contribution in [0.15, 0.2) is 24.3 Å². The maximum Gasteiger partial charge on any atom is 0.320 e. The van der Waals surface area contributed by atoms with Gasteiger partial charge in [0.2, 0.25) is 0 Å². The van der Waals surface area contributed by atoms with Gasteiger partial charge in [-0.15, -0.1) is 0 Å². The predicted molar refractivity (Wildman–Crippen MR) is 62.4 cm³/mol. The molecule has 0 aromatic heterocycles. The van der Waals surface area contributed by atoms with E-state index in [-0.39, 0.29) is 6.03 Å². The highest BCUT2D eigenvalue weighted by Gasteiger charge is 2.27. The van der Waals surface area contributed by atoms with E-state index >= 15 is 0 Å². The maximum atomic E-state index is 12.0. The highest BCUT2D eigenvalue weighted by Crippen LogP contribution is 2.14. The molecule has 1 saturated heterocycles. The lowest BCUT2D eigenvalue weighted by Crippen LogP contribution is -2.33. The van der Waals surface area contributed by atoms with E-state index in [1.54, 1.807) is 0 Å². The molecule has 3 heterocycles. The van der Waals surface area contributed by atoms with Gasteiger partial charge >= 0.3 is 6.03 Å². The predicted octanol–water partition coefficient (Wildman–Crippen LogP) is 1.52. The second kappa shape index (κ2) is 3.81. The molecule has 0 saturated carbocycles. The van der Waals surface area contributed by atoms with Crippen LogP contribution in [0.2, 0.25) is 0 Å². The number of hydrogen-bond acceptors (Lipinski definition) is 1. The summed E-state index contributed by atoms with van der Waals surface area (Å²) in [6, 6.07) is 8.98. The van der Waals surface area contributed by atoms with E-state index in [2.05, 4.69) is 24.3 Å². The fraction of sp³-hybridized carbons (Fsp3) is 0.462. The van der Waals surface area contributed by atoms with Crippen LogP contribution in [0, 0.1) is 0 Å². The molecule has 3 heteroatoms. The molecule has 16 heavy (non-hydrogen) atoms. The van der Waals surface area contributed by atoms with Gasteiger partial charge in [0.1, 0.15) is 0 Å². The van der Waals surface area contributed by atoms with E-state index in [4.69, 9.17) is 0 Å². The lowest BCUT2D eigenvalue weighted by molar-refractivity contribution is 0.193. The van der Waals surface area contributed by atoms with Gasteiger partial charge in [-0.3, -0.25) is 0 Å². The van der Waals surface area contributed by atoms with E-state index in [0.717, 1.165) is 39.0 Å². The maximum absolute atomic E-state index is 12.0. The first-order valence-electron chi connectivity index (χ1n) is 5.94. The van der Waals surface area contributed by atoms with Gasteiger partial charge in [-0.05, 0) is 24.0 Å². The molecular formula is C13H16N2O. The minimum atomic E-state index is 0.225. The van der Waals surface area contributed by atoms with Crippen LogP contribution in [0.25, 0.3) is 0 Å². The van der Waals surface area contributed by atoms with Crippen molar-refractivity contribution >= 4 is 6.03 Å². The molecule has 1 fully saturated rings. The molecule has 1 aromatic rings. The van der Waals surface area contributed by atoms with Crippen molar-refractivity contribution in [2.24, 2.45) is 0 Å². The quantitative estimate of drug-likeness (QED) is 0.645. The third-order valence-electron chi connectivity index (χ3n) is 3.54. The molecule has 3 aliphatic heterocycles. The number of urea groups is 1. The van der Waals surface area contributed by atoms with Gasteiger partial charge < -0.3 is 9.80 Å². The van der Waals surface area contributed by atoms with Crippen molar-refractivity contribution in [3.63, 3.8) is 0 Å². The summed E-state index contributed by atoms with van der Waals surface area (Å²) in [6.45, 7) is 3.51. The molecule has 3 nitrogen and oxygen atoms in total. The number of carbonyl (C=O) groups is 1. The Morgan fingerprint density at radius 3 is 1.62 bits per heavy atom. The summed E-state index contributed by atoms with van der Waals surface area (Å²) < 4.78 is 0. The molecule has 4 bridgehead atoms. The van der Waals surface area contributed by atoms with Crippen molar-refractivity contribution in [2.75, 3.05) is 26.2 Å². The summed E-state index contributed by atoms with van der Waals surface area (Å²) in [5.41, 5.74) is 2.66. The third-order valence-corrected chi connectivity index (χ3v) is 3.54. The number of nitrogens with zero attached hydrogens (tertiary/aromatic N) is 2. The van der Waals surface area contributed by atoms with Crippen LogP contribution in [0.3, 0.4) is 0 Å². The smallest absolute Gasteiger partial charge is 0.320 e. The van der Waals surface area contributed by atoms with Crippen molar-refractivity contribution in [1.82, 2.24) is 9.80 Å². The molecule has 4 rings (SSSR count). The molecule has 0 aliphatic carbocycles. The van der Waals surface area contributed by atoms with Crippen LogP contribution in [0.1, 0.15) is 11.1 Å². The number of benzene rings is 1. The Labute approximate surface area is 95.7 Å². The summed E-state index contributed by atoms with van der Waals surface area (Å²) in [5.74, 6) is 0. The number of carbonyl (C=O) groups excluding carboxylic acids is 1. The first kappa shape index (κ1) is 9.70. The van der Waals surface area contributed by atoms with Gasteiger partial charge in [-0.25, -0.2) is 4.79 Å². The van der Waals surface area contributed by atoms with Gasteiger partial charge in [0.15, 0.2) is 0 Å². The Balaban J connectivity index is 1.88. The highest BCUT2D eigenvalue weighted by atomic mass is 16.2. The molecule has 3 aliphatic rings. The monoisotopic (exact) mass is 216 g/mol. The summed E-state index contributed by atoms with van der Waals surface area (Å²) in [4.78, 5) is 15.9. The lowest BCUT2D eigenvalue weighted by Gasteiger charge is -2.17. The van der Waals surface area contributed by atoms with E-state index in [9.17, 15) is 4.79 Å². The minimum absolute atomic E-state index is 0.225. The van der Waals surface area contributed by atoms with Crippen LogP contribution in [-0.4, -0.2) is 42.0 Å². The highest BCUT2D eigenvalue weighted by molar-refractivity contribution is 5.76. The molecule has 0 spiro atoms. The van der Waals surface area contributed by atoms with Gasteiger partial charge in [0, 0.05) is 26.2 Å². The fourth-order valence-electron chi connectivity index (χ4n) is 2.45. The number of rotatable bonds is 0. The van der Waals surface area contributed by atoms with Crippen LogP contribution in [0.5, 0.6) is 0 Å². The molecule has 0 atom stereocenters. The Morgan fingerprint density at radius 1 is 0.750 bits per heavy atom. The minimum Gasteiger partial charge on any atom is -0.323 e. The van der Waals surface area contributed by atoms with E-state index < -0.39 is 0 Å². The van der Waals surface area contributed by atoms with Gasteiger partial charge in [0.25, 0.3) is 0 Å². The zero-order valence-corrected chi connectivity index (χ0v) is 9.35. The summed E-state index contributed by atoms with van der Waals surface area (Å²) in [7, 11) is 0. The van der Waals surface area contributed by atoms with Crippen LogP contribution >= 0.6 is 0 Å². The van der Waals surface area contributed by atoms with Crippen LogP contribution < -0.4 is 0 Å². The topological polar surface area (TPSA) is 23.6 Å². The van der Waals surface area contributed by atoms with Crippen LogP contribution in [-0.2, 0) is 12.8 Å². The van der Waals surface area contributed by atoms with Crippen molar-refractivity contribution in [3.8, 4) is 0 Å². The summed E-state index contributed by atoms with van der Waals surface area (Å²) in [5, 5.41) is 0. The Hall–Kier alpha value is -1.51. The zero-order valence-electron chi connectivity index (χ0n) is 9.35. The third kappa shape index (κ3) is 1.66. The molecule has 2 amide bonds. The molecular weight excluding hydrogens is 200 g/mol. The molecule has 0 unspecified atom stereocenters. The second-order valence-electron chi connectivity index (χ2n) is 4.57. The average molecular weight is 216 g/mol. The Morgan fingerprint density at radius 2 is 1.19 bits per heavy atom. The molecule has 0 N–H and O–H groups in total. The van der Waals surface area contributed by atoms with Crippen molar-refractivity contribution in [2.45, 2.75) is 12.8 Å². The van der Waals surface area contributed by atoms with E-state index in [0.29, 0.717) is 0 Å². The first-order chi connectivity index (χ1) is 7.83. The first-order valence-corrected chi connectivity index (χ1v) is 5.94. The Bertz CT molecular complexity index is 362. The molecule has 84 valence electrons. The largest absolute Gasteiger partial charge is 0.323 e. The second-order valence-corrected chi connectivity index (χ2v) is 4.57. The van der Waals surface area contributed by atoms with Gasteiger partial charge in [0.05, 0.1) is 0 Å². The van der Waals surface area contributed by atoms with Crippen molar-refractivity contribution in [3.05, 3.63) is 35.4 Å².